The molecule has 2 aliphatic heterocycles. The maximum atomic E-state index is 5.79. The van der Waals surface area contributed by atoms with E-state index in [9.17, 15) is 0 Å². The first-order valence-corrected chi connectivity index (χ1v) is 8.77. The van der Waals surface area contributed by atoms with Gasteiger partial charge in [0.25, 0.3) is 0 Å². The van der Waals surface area contributed by atoms with Gasteiger partial charge in [0.05, 0.1) is 17.9 Å². The normalized spacial score (nSPS) is 24.1. The van der Waals surface area contributed by atoms with Gasteiger partial charge in [0.2, 0.25) is 6.79 Å². The monoisotopic (exact) mass is 332 g/mol. The second-order valence-electron chi connectivity index (χ2n) is 6.16. The van der Waals surface area contributed by atoms with Gasteiger partial charge in [-0.15, -0.1) is 11.3 Å². The number of aromatic nitrogens is 1. The summed E-state index contributed by atoms with van der Waals surface area (Å²) < 4.78 is 16.6. The van der Waals surface area contributed by atoms with Crippen LogP contribution >= 0.6 is 11.3 Å². The topological polar surface area (TPSA) is 43.8 Å². The Balaban J connectivity index is 1.48. The van der Waals surface area contributed by atoms with Crippen molar-refractivity contribution in [3.63, 3.8) is 0 Å². The van der Waals surface area contributed by atoms with E-state index in [1.165, 1.54) is 0 Å². The molecule has 3 heterocycles. The molecule has 0 saturated carbocycles. The van der Waals surface area contributed by atoms with Gasteiger partial charge >= 0.3 is 0 Å². The Morgan fingerprint density at radius 1 is 1.17 bits per heavy atom. The lowest BCUT2D eigenvalue weighted by atomic mass is 10.2. The Labute approximate surface area is 139 Å². The lowest BCUT2D eigenvalue weighted by Crippen LogP contribution is -2.44. The first-order valence-electron chi connectivity index (χ1n) is 7.89. The van der Waals surface area contributed by atoms with Crippen LogP contribution in [-0.2, 0) is 11.3 Å². The van der Waals surface area contributed by atoms with E-state index in [1.807, 2.05) is 18.2 Å². The van der Waals surface area contributed by atoms with Gasteiger partial charge in [-0.25, -0.2) is 4.98 Å². The van der Waals surface area contributed by atoms with Crippen LogP contribution in [-0.4, -0.2) is 42.0 Å². The van der Waals surface area contributed by atoms with Crippen molar-refractivity contribution in [1.29, 1.82) is 0 Å². The number of fused-ring (bicyclic) bond motifs is 1. The average Bonchev–Trinajstić information content (AvgIpc) is 3.14. The lowest BCUT2D eigenvalue weighted by Gasteiger charge is -2.34. The minimum atomic E-state index is 0.283. The lowest BCUT2D eigenvalue weighted by molar-refractivity contribution is -0.0707. The minimum absolute atomic E-state index is 0.283. The molecule has 1 saturated heterocycles. The average molecular weight is 332 g/mol. The van der Waals surface area contributed by atoms with Gasteiger partial charge in [0.1, 0.15) is 5.01 Å². The summed E-state index contributed by atoms with van der Waals surface area (Å²) in [7, 11) is 0. The molecule has 2 atom stereocenters. The van der Waals surface area contributed by atoms with Crippen molar-refractivity contribution in [1.82, 2.24) is 9.88 Å². The maximum absolute atomic E-state index is 5.79. The van der Waals surface area contributed by atoms with Crippen molar-refractivity contribution in [3.8, 4) is 22.1 Å². The second-order valence-corrected chi connectivity index (χ2v) is 7.02. The smallest absolute Gasteiger partial charge is 0.231 e. The molecule has 1 fully saturated rings. The van der Waals surface area contributed by atoms with Gasteiger partial charge in [-0.3, -0.25) is 4.90 Å². The predicted molar refractivity (Wildman–Crippen MR) is 89.0 cm³/mol. The molecule has 0 spiro atoms. The first kappa shape index (κ1) is 14.9. The fourth-order valence-electron chi connectivity index (χ4n) is 3.18. The summed E-state index contributed by atoms with van der Waals surface area (Å²) in [6.45, 7) is 7.35. The Bertz CT molecular complexity index is 693. The molecule has 4 rings (SSSR count). The molecule has 2 aromatic rings. The molecular weight excluding hydrogens is 312 g/mol. The minimum Gasteiger partial charge on any atom is -0.454 e. The van der Waals surface area contributed by atoms with Crippen LogP contribution in [0, 0.1) is 0 Å². The fraction of sp³-hybridized carbons (Fsp3) is 0.471. The summed E-state index contributed by atoms with van der Waals surface area (Å²) in [6.07, 6.45) is 0.566. The van der Waals surface area contributed by atoms with Crippen molar-refractivity contribution in [2.45, 2.75) is 32.6 Å². The number of benzene rings is 1. The van der Waals surface area contributed by atoms with E-state index in [2.05, 4.69) is 24.1 Å². The Morgan fingerprint density at radius 3 is 2.78 bits per heavy atom. The molecule has 0 aliphatic carbocycles. The van der Waals surface area contributed by atoms with Crippen LogP contribution in [0.4, 0.5) is 0 Å². The van der Waals surface area contributed by atoms with Crippen molar-refractivity contribution >= 4 is 11.3 Å². The zero-order valence-corrected chi connectivity index (χ0v) is 14.1. The van der Waals surface area contributed by atoms with Crippen LogP contribution in [0.2, 0.25) is 0 Å². The molecule has 0 N–H and O–H groups in total. The molecule has 0 radical (unpaired) electrons. The number of nitrogens with zero attached hydrogens (tertiary/aromatic N) is 2. The highest BCUT2D eigenvalue weighted by atomic mass is 32.1. The van der Waals surface area contributed by atoms with E-state index < -0.39 is 0 Å². The molecule has 5 nitrogen and oxygen atoms in total. The molecule has 0 bridgehead atoms. The van der Waals surface area contributed by atoms with Crippen molar-refractivity contribution in [2.24, 2.45) is 0 Å². The zero-order valence-electron chi connectivity index (χ0n) is 13.3. The fourth-order valence-corrected chi connectivity index (χ4v) is 3.99. The molecular formula is C17H20N2O3S. The number of thiazole rings is 1. The zero-order chi connectivity index (χ0) is 15.8. The molecule has 23 heavy (non-hydrogen) atoms. The van der Waals surface area contributed by atoms with E-state index in [0.29, 0.717) is 6.79 Å². The van der Waals surface area contributed by atoms with Gasteiger partial charge in [0, 0.05) is 30.6 Å². The summed E-state index contributed by atoms with van der Waals surface area (Å²) in [4.78, 5) is 7.20. The summed E-state index contributed by atoms with van der Waals surface area (Å²) in [6, 6.07) is 5.99. The van der Waals surface area contributed by atoms with Crippen molar-refractivity contribution < 1.29 is 14.2 Å². The number of ether oxygens (including phenoxy) is 3. The third kappa shape index (κ3) is 3.20. The number of rotatable bonds is 3. The number of morpholine rings is 1. The van der Waals surface area contributed by atoms with Gasteiger partial charge in [-0.1, -0.05) is 0 Å². The first-order chi connectivity index (χ1) is 11.2. The van der Waals surface area contributed by atoms with E-state index in [1.54, 1.807) is 11.3 Å². The van der Waals surface area contributed by atoms with Gasteiger partial charge in [-0.2, -0.15) is 0 Å². The highest BCUT2D eigenvalue weighted by Gasteiger charge is 2.23. The van der Waals surface area contributed by atoms with Crippen LogP contribution in [0.1, 0.15) is 19.5 Å². The molecule has 2 aliphatic rings. The summed E-state index contributed by atoms with van der Waals surface area (Å²) in [5.74, 6) is 1.61. The molecule has 1 aromatic carbocycles. The van der Waals surface area contributed by atoms with Gasteiger partial charge in [-0.05, 0) is 32.0 Å². The third-order valence-electron chi connectivity index (χ3n) is 4.05. The molecule has 0 amide bonds. The van der Waals surface area contributed by atoms with Gasteiger partial charge in [0.15, 0.2) is 11.5 Å². The standard InChI is InChI=1S/C17H20N2O3S/c1-11-6-19(7-12(2)22-11)8-14-9-23-17(18-14)13-3-4-15-16(5-13)21-10-20-15/h3-5,9,11-12H,6-8,10H2,1-2H3/t11-,12-/m0/s1. The van der Waals surface area contributed by atoms with Crippen LogP contribution in [0.3, 0.4) is 0 Å². The van der Waals surface area contributed by atoms with Gasteiger partial charge < -0.3 is 14.2 Å². The molecule has 6 heteroatoms. The summed E-state index contributed by atoms with van der Waals surface area (Å²) >= 11 is 1.67. The van der Waals surface area contributed by atoms with Crippen LogP contribution in [0.15, 0.2) is 23.6 Å². The van der Waals surface area contributed by atoms with Crippen molar-refractivity contribution in [2.75, 3.05) is 19.9 Å². The highest BCUT2D eigenvalue weighted by molar-refractivity contribution is 7.13. The van der Waals surface area contributed by atoms with Crippen LogP contribution in [0.5, 0.6) is 11.5 Å². The van der Waals surface area contributed by atoms with E-state index in [0.717, 1.165) is 47.4 Å². The summed E-state index contributed by atoms with van der Waals surface area (Å²) in [5, 5.41) is 3.16. The molecule has 0 unspecified atom stereocenters. The van der Waals surface area contributed by atoms with Crippen LogP contribution < -0.4 is 9.47 Å². The van der Waals surface area contributed by atoms with Crippen molar-refractivity contribution in [3.05, 3.63) is 29.3 Å². The Morgan fingerprint density at radius 2 is 1.96 bits per heavy atom. The SMILES string of the molecule is C[C@H]1CN(Cc2csc(-c3ccc4c(c3)OCO4)n2)C[C@H](C)O1. The molecule has 122 valence electrons. The third-order valence-corrected chi connectivity index (χ3v) is 4.99. The highest BCUT2D eigenvalue weighted by Crippen LogP contribution is 2.36. The van der Waals surface area contributed by atoms with Crippen LogP contribution in [0.25, 0.3) is 10.6 Å². The van der Waals surface area contributed by atoms with E-state index >= 15 is 0 Å². The largest absolute Gasteiger partial charge is 0.454 e. The van der Waals surface area contributed by atoms with E-state index in [-0.39, 0.29) is 12.2 Å². The number of hydrogen-bond acceptors (Lipinski definition) is 6. The van der Waals surface area contributed by atoms with E-state index in [4.69, 9.17) is 19.2 Å². The quantitative estimate of drug-likeness (QED) is 0.864. The second kappa shape index (κ2) is 6.11. The maximum Gasteiger partial charge on any atom is 0.231 e. The number of hydrogen-bond donors (Lipinski definition) is 0. The predicted octanol–water partition coefficient (Wildman–Crippen LogP) is 3.15. The molecule has 1 aromatic heterocycles. The Kier molecular flexibility index (Phi) is 3.97. The summed E-state index contributed by atoms with van der Waals surface area (Å²) in [5.41, 5.74) is 2.19. The Hall–Kier alpha value is -1.63.